The van der Waals surface area contributed by atoms with E-state index in [1.165, 1.54) is 14.0 Å². The maximum absolute atomic E-state index is 14.3. The van der Waals surface area contributed by atoms with Gasteiger partial charge in [-0.05, 0) is 89.0 Å². The zero-order valence-corrected chi connectivity index (χ0v) is 42.5. The number of hydrogen-bond donors (Lipinski definition) is 8. The molecule has 2 aromatic rings. The van der Waals surface area contributed by atoms with E-state index in [1.807, 2.05) is 13.0 Å². The van der Waals surface area contributed by atoms with Crippen LogP contribution in [0.2, 0.25) is 0 Å². The third-order valence-electron chi connectivity index (χ3n) is 17.8. The largest absolute Gasteiger partial charge is 0.454 e. The summed E-state index contributed by atoms with van der Waals surface area (Å²) in [6.07, 6.45) is -17.7. The molecule has 0 spiro atoms. The number of ether oxygens (including phenoxy) is 9. The van der Waals surface area contributed by atoms with Crippen molar-refractivity contribution in [1.29, 1.82) is 0 Å². The molecule has 408 valence electrons. The van der Waals surface area contributed by atoms with Crippen LogP contribution in [0.25, 0.3) is 0 Å². The Bertz CT molecular complexity index is 2340. The molecule has 0 radical (unpaired) electrons. The van der Waals surface area contributed by atoms with E-state index in [9.17, 15) is 55.2 Å². The number of Topliss-reactive ketones (excluding diaryl/α,β-unsaturated/α-hetero) is 1. The Hall–Kier alpha value is -3.81. The van der Waals surface area contributed by atoms with Crippen molar-refractivity contribution in [3.8, 4) is 0 Å². The molecule has 0 amide bonds. The summed E-state index contributed by atoms with van der Waals surface area (Å²) in [6, 6.07) is 16.6. The van der Waals surface area contributed by atoms with Gasteiger partial charge in [-0.1, -0.05) is 61.9 Å². The Balaban J connectivity index is 0.919. The van der Waals surface area contributed by atoms with Gasteiger partial charge in [0, 0.05) is 30.8 Å². The molecule has 8 N–H and O–H groups in total. The summed E-state index contributed by atoms with van der Waals surface area (Å²) in [5.41, 5.74) is -5.24. The van der Waals surface area contributed by atoms with Crippen LogP contribution >= 0.6 is 0 Å². The van der Waals surface area contributed by atoms with Crippen LogP contribution in [0, 0.1) is 22.7 Å². The van der Waals surface area contributed by atoms with Crippen LogP contribution in [0.15, 0.2) is 72.3 Å². The van der Waals surface area contributed by atoms with Gasteiger partial charge in [0.2, 0.25) is 0 Å². The first kappa shape index (κ1) is 55.0. The first-order valence-corrected chi connectivity index (χ1v) is 25.7. The molecule has 6 fully saturated rings. The Morgan fingerprint density at radius 2 is 1.31 bits per heavy atom. The molecule has 23 atom stereocenters. The fraction of sp³-hybridized carbons (Fsp3) is 0.685. The molecule has 74 heavy (non-hydrogen) atoms. The van der Waals surface area contributed by atoms with E-state index in [1.54, 1.807) is 81.4 Å². The normalized spacial score (nSPS) is 46.0. The molecule has 0 bridgehead atoms. The van der Waals surface area contributed by atoms with E-state index < -0.39 is 157 Å². The lowest BCUT2D eigenvalue weighted by atomic mass is 9.42. The van der Waals surface area contributed by atoms with Gasteiger partial charge in [0.25, 0.3) is 0 Å². The summed E-state index contributed by atoms with van der Waals surface area (Å²) in [7, 11) is 1.32. The quantitative estimate of drug-likeness (QED) is 0.104. The second kappa shape index (κ2) is 21.2. The van der Waals surface area contributed by atoms with Gasteiger partial charge in [0.15, 0.2) is 18.9 Å². The van der Waals surface area contributed by atoms with Crippen molar-refractivity contribution in [2.45, 2.75) is 195 Å². The lowest BCUT2D eigenvalue weighted by molar-refractivity contribution is -0.370. The molecule has 20 nitrogen and oxygen atoms in total. The monoisotopic (exact) mass is 1040 g/mol. The Morgan fingerprint density at radius 1 is 0.703 bits per heavy atom. The highest BCUT2D eigenvalue weighted by molar-refractivity contribution is 5.91. The molecule has 2 aromatic carbocycles. The number of aliphatic hydroxyl groups is 8. The van der Waals surface area contributed by atoms with Crippen molar-refractivity contribution in [3.05, 3.63) is 83.4 Å². The van der Waals surface area contributed by atoms with Crippen LogP contribution in [-0.4, -0.2) is 188 Å². The van der Waals surface area contributed by atoms with E-state index >= 15 is 0 Å². The number of hydrogen-bond acceptors (Lipinski definition) is 20. The number of ketones is 1. The maximum atomic E-state index is 14.3. The number of carbonyl (C=O) groups excluding carboxylic acids is 3. The number of rotatable bonds is 13. The number of benzene rings is 2. The van der Waals surface area contributed by atoms with Gasteiger partial charge in [0.1, 0.15) is 78.0 Å². The minimum absolute atomic E-state index is 0.0208. The molecule has 7 aliphatic rings. The fourth-order valence-corrected chi connectivity index (χ4v) is 13.9. The van der Waals surface area contributed by atoms with Crippen LogP contribution in [0.4, 0.5) is 0 Å². The number of fused-ring (bicyclic) bond motifs is 5. The lowest BCUT2D eigenvalue weighted by Crippen LogP contribution is -2.80. The third-order valence-corrected chi connectivity index (χ3v) is 17.8. The molecule has 3 saturated heterocycles. The van der Waals surface area contributed by atoms with Crippen molar-refractivity contribution in [1.82, 2.24) is 0 Å². The minimum Gasteiger partial charge on any atom is -0.454 e. The smallest absolute Gasteiger partial charge is 0.338 e. The van der Waals surface area contributed by atoms with Crippen LogP contribution in [-0.2, 0) is 47.4 Å². The van der Waals surface area contributed by atoms with Crippen molar-refractivity contribution < 1.29 is 97.9 Å². The molecule has 3 heterocycles. The van der Waals surface area contributed by atoms with E-state index in [-0.39, 0.29) is 42.6 Å². The predicted octanol–water partition coefficient (Wildman–Crippen LogP) is 1.63. The first-order valence-electron chi connectivity index (χ1n) is 25.7. The van der Waals surface area contributed by atoms with E-state index in [4.69, 9.17) is 42.6 Å². The highest BCUT2D eigenvalue weighted by atomic mass is 16.8. The first-order chi connectivity index (χ1) is 35.1. The van der Waals surface area contributed by atoms with Gasteiger partial charge in [0.05, 0.1) is 42.1 Å². The van der Waals surface area contributed by atoms with Crippen LogP contribution in [0.1, 0.15) is 100 Å². The molecule has 9 rings (SSSR count). The van der Waals surface area contributed by atoms with Crippen LogP contribution in [0.3, 0.4) is 0 Å². The predicted molar refractivity (Wildman–Crippen MR) is 255 cm³/mol. The zero-order valence-electron chi connectivity index (χ0n) is 42.5. The molecule has 3 saturated carbocycles. The highest BCUT2D eigenvalue weighted by Crippen LogP contribution is 2.70. The molecular formula is C54H72O20. The Labute approximate surface area is 429 Å². The number of methoxy groups -OCH3 is 1. The standard InChI is InChI=1S/C54H72O20/c1-26(56)33-19-22-54(65)52(33,5)46(74-48(63)30-15-11-8-12-16-30)44(71-47(62)29-13-9-7-10-14-29)45-51(4)20-18-32(23-31(51)17-21-53(45,54)64)69-36-24-34(57)41(27(2)67-36)72-50-40(61)43(66-6)42(28(3)68-50)73-49-39(60)38(59)37(58)35(25-55)70-49/h7-17,27-28,32-46,49-50,55,57-61,64-65H,18-25H2,1-6H3/t27-,28-,32+,33-,34-,35-,36+,37-,38+,39-,40-,41-,42-,43+,44+,45-,46-,49+,50+,51+,52+,53+,54-/m1/s1. The molecular weight excluding hydrogens is 969 g/mol. The maximum Gasteiger partial charge on any atom is 0.338 e. The number of esters is 2. The van der Waals surface area contributed by atoms with Gasteiger partial charge in [-0.15, -0.1) is 0 Å². The van der Waals surface area contributed by atoms with Crippen molar-refractivity contribution in [3.63, 3.8) is 0 Å². The average Bonchev–Trinajstić information content (AvgIpc) is 3.67. The summed E-state index contributed by atoms with van der Waals surface area (Å²) in [4.78, 5) is 42.1. The number of carbonyl (C=O) groups is 3. The molecule has 4 aliphatic carbocycles. The summed E-state index contributed by atoms with van der Waals surface area (Å²) < 4.78 is 55.2. The van der Waals surface area contributed by atoms with Gasteiger partial charge in [-0.2, -0.15) is 0 Å². The second-order valence-electron chi connectivity index (χ2n) is 21.9. The third kappa shape index (κ3) is 9.27. The summed E-state index contributed by atoms with van der Waals surface area (Å²) in [5.74, 6) is -3.64. The van der Waals surface area contributed by atoms with Gasteiger partial charge in [-0.3, -0.25) is 4.79 Å². The topological polar surface area (TPSA) is 296 Å². The van der Waals surface area contributed by atoms with Crippen molar-refractivity contribution in [2.24, 2.45) is 22.7 Å². The van der Waals surface area contributed by atoms with Crippen molar-refractivity contribution in [2.75, 3.05) is 13.7 Å². The van der Waals surface area contributed by atoms with Gasteiger partial charge < -0.3 is 83.5 Å². The fourth-order valence-electron chi connectivity index (χ4n) is 13.9. The highest BCUT2D eigenvalue weighted by Gasteiger charge is 2.81. The van der Waals surface area contributed by atoms with Crippen LogP contribution in [0.5, 0.6) is 0 Å². The van der Waals surface area contributed by atoms with E-state index in [0.717, 1.165) is 5.57 Å². The summed E-state index contributed by atoms with van der Waals surface area (Å²) in [5, 5.41) is 90.5. The van der Waals surface area contributed by atoms with E-state index in [0.29, 0.717) is 19.3 Å². The zero-order chi connectivity index (χ0) is 53.2. The minimum atomic E-state index is -1.98. The molecule has 20 heteroatoms. The van der Waals surface area contributed by atoms with Gasteiger partial charge in [-0.25, -0.2) is 9.59 Å². The summed E-state index contributed by atoms with van der Waals surface area (Å²) >= 11 is 0. The van der Waals surface area contributed by atoms with Crippen LogP contribution < -0.4 is 0 Å². The average molecular weight is 1040 g/mol. The van der Waals surface area contributed by atoms with E-state index in [2.05, 4.69) is 0 Å². The second-order valence-corrected chi connectivity index (χ2v) is 21.9. The molecule has 0 unspecified atom stereocenters. The SMILES string of the molecule is CO[C@H]1[C@@H](O)[C@H](O[C@H]2[C@H](O)C[C@H](O[C@H]3CC[C@@]4(C)C(=CC[C@]5(O)[C@@H]4[C@H](OC(=O)c4ccccc4)[C@@H](OC(=O)c4ccccc4)[C@]4(C)[C@@H](C(C)=O)CC[C@@]45O)C3)O[C@@H]2C)O[C@H](C)[C@H]1O[C@@H]1O[C@H](CO)[C@@H](O)[C@H](O)[C@H]1O. The molecule has 3 aliphatic heterocycles. The number of aliphatic hydroxyl groups excluding tert-OH is 6. The Morgan fingerprint density at radius 3 is 1.92 bits per heavy atom. The van der Waals surface area contributed by atoms with Gasteiger partial charge >= 0.3 is 11.9 Å². The Kier molecular flexibility index (Phi) is 15.7. The lowest BCUT2D eigenvalue weighted by Gasteiger charge is -2.68. The molecule has 0 aromatic heterocycles. The summed E-state index contributed by atoms with van der Waals surface area (Å²) in [6.45, 7) is 7.65. The van der Waals surface area contributed by atoms with Crippen molar-refractivity contribution >= 4 is 17.7 Å².